The summed E-state index contributed by atoms with van der Waals surface area (Å²) in [7, 11) is 1.62. The zero-order valence-electron chi connectivity index (χ0n) is 9.75. The van der Waals surface area contributed by atoms with Crippen LogP contribution in [0, 0.1) is 0 Å². The molecule has 0 unspecified atom stereocenters. The molecule has 0 fully saturated rings. The van der Waals surface area contributed by atoms with Crippen LogP contribution in [-0.2, 0) is 0 Å². The van der Waals surface area contributed by atoms with Crippen molar-refractivity contribution in [1.29, 1.82) is 0 Å². The van der Waals surface area contributed by atoms with Gasteiger partial charge < -0.3 is 4.74 Å². The number of ether oxygens (including phenoxy) is 1. The van der Waals surface area contributed by atoms with Gasteiger partial charge in [0.15, 0.2) is 5.65 Å². The highest BCUT2D eigenvalue weighted by Gasteiger charge is 2.05. The summed E-state index contributed by atoms with van der Waals surface area (Å²) in [5.41, 5.74) is 2.02. The maximum Gasteiger partial charge on any atom is 0.273 e. The number of H-pyrrole nitrogens is 1. The predicted octanol–water partition coefficient (Wildman–Crippen LogP) is 1.70. The first-order chi connectivity index (χ1) is 8.78. The van der Waals surface area contributed by atoms with Gasteiger partial charge in [0, 0.05) is 23.9 Å². The number of aromatic nitrogens is 3. The van der Waals surface area contributed by atoms with Gasteiger partial charge in [-0.25, -0.2) is 9.50 Å². The molecule has 0 saturated heterocycles. The Kier molecular flexibility index (Phi) is 2.37. The number of fused-ring (bicyclic) bond motifs is 1. The van der Waals surface area contributed by atoms with E-state index in [9.17, 15) is 4.79 Å². The largest absolute Gasteiger partial charge is 0.497 e. The first-order valence-corrected chi connectivity index (χ1v) is 5.49. The molecule has 18 heavy (non-hydrogen) atoms. The maximum atomic E-state index is 11.8. The molecule has 3 aromatic rings. The van der Waals surface area contributed by atoms with Crippen LogP contribution in [-0.4, -0.2) is 21.7 Å². The van der Waals surface area contributed by atoms with Crippen LogP contribution < -0.4 is 10.3 Å². The molecule has 0 amide bonds. The number of hydrogen-bond donors (Lipinski definition) is 1. The van der Waals surface area contributed by atoms with E-state index in [1.807, 2.05) is 24.3 Å². The van der Waals surface area contributed by atoms with E-state index in [1.54, 1.807) is 19.4 Å². The molecular weight excluding hydrogens is 230 g/mol. The lowest BCUT2D eigenvalue weighted by molar-refractivity contribution is 0.415. The summed E-state index contributed by atoms with van der Waals surface area (Å²) in [6.07, 6.45) is 1.68. The number of methoxy groups -OCH3 is 1. The number of nitrogens with one attached hydrogen (secondary N) is 1. The molecule has 2 aromatic heterocycles. The lowest BCUT2D eigenvalue weighted by Gasteiger charge is -2.03. The molecule has 0 radical (unpaired) electrons. The van der Waals surface area contributed by atoms with Crippen LogP contribution in [0.1, 0.15) is 0 Å². The zero-order chi connectivity index (χ0) is 12.5. The van der Waals surface area contributed by atoms with Crippen molar-refractivity contribution >= 4 is 5.65 Å². The van der Waals surface area contributed by atoms with Crippen molar-refractivity contribution in [2.24, 2.45) is 0 Å². The highest BCUT2D eigenvalue weighted by atomic mass is 16.5. The average Bonchev–Trinajstić information content (AvgIpc) is 2.88. The number of benzene rings is 1. The Hall–Kier alpha value is -2.56. The third-order valence-corrected chi connectivity index (χ3v) is 2.77. The molecule has 0 aliphatic rings. The lowest BCUT2D eigenvalue weighted by Crippen LogP contribution is -2.13. The Balaban J connectivity index is 2.15. The maximum absolute atomic E-state index is 11.8. The molecule has 0 spiro atoms. The van der Waals surface area contributed by atoms with Crippen LogP contribution in [0.4, 0.5) is 0 Å². The van der Waals surface area contributed by atoms with Crippen LogP contribution in [0.3, 0.4) is 0 Å². The lowest BCUT2D eigenvalue weighted by atomic mass is 10.1. The fraction of sp³-hybridized carbons (Fsp3) is 0.0769. The van der Waals surface area contributed by atoms with Gasteiger partial charge in [-0.2, -0.15) is 0 Å². The summed E-state index contributed by atoms with van der Waals surface area (Å²) in [5.74, 6) is 0.776. The van der Waals surface area contributed by atoms with Crippen molar-refractivity contribution in [2.45, 2.75) is 0 Å². The highest BCUT2D eigenvalue weighted by molar-refractivity contribution is 5.62. The number of aromatic amines is 1. The van der Waals surface area contributed by atoms with Gasteiger partial charge in [-0.3, -0.25) is 9.89 Å². The van der Waals surface area contributed by atoms with E-state index >= 15 is 0 Å². The first kappa shape index (κ1) is 10.6. The van der Waals surface area contributed by atoms with Crippen molar-refractivity contribution < 1.29 is 4.74 Å². The molecule has 0 bridgehead atoms. The fourth-order valence-corrected chi connectivity index (χ4v) is 1.84. The minimum absolute atomic E-state index is 0.129. The van der Waals surface area contributed by atoms with E-state index in [2.05, 4.69) is 10.1 Å². The van der Waals surface area contributed by atoms with Gasteiger partial charge in [0.2, 0.25) is 0 Å². The molecule has 90 valence electrons. The van der Waals surface area contributed by atoms with Crippen LogP contribution in [0.5, 0.6) is 5.75 Å². The van der Waals surface area contributed by atoms with Crippen LogP contribution in [0.15, 0.2) is 47.4 Å². The SMILES string of the molecule is COc1ccc(-c2cc(=O)n3[nH]ccc3n2)cc1. The van der Waals surface area contributed by atoms with E-state index < -0.39 is 0 Å². The van der Waals surface area contributed by atoms with Gasteiger partial charge in [-0.15, -0.1) is 0 Å². The Morgan fingerprint density at radius 3 is 2.72 bits per heavy atom. The average molecular weight is 241 g/mol. The minimum Gasteiger partial charge on any atom is -0.497 e. The van der Waals surface area contributed by atoms with Crippen molar-refractivity contribution in [2.75, 3.05) is 7.11 Å². The monoisotopic (exact) mass is 241 g/mol. The second-order valence-electron chi connectivity index (χ2n) is 3.86. The second-order valence-corrected chi connectivity index (χ2v) is 3.86. The van der Waals surface area contributed by atoms with Crippen molar-refractivity contribution in [3.63, 3.8) is 0 Å². The van der Waals surface area contributed by atoms with Gasteiger partial charge in [0.1, 0.15) is 5.75 Å². The summed E-state index contributed by atoms with van der Waals surface area (Å²) in [6.45, 7) is 0. The summed E-state index contributed by atoms with van der Waals surface area (Å²) in [6, 6.07) is 10.7. The molecule has 0 atom stereocenters. The molecule has 0 aliphatic carbocycles. The molecule has 0 saturated carbocycles. The molecule has 1 N–H and O–H groups in total. The molecule has 2 heterocycles. The topological polar surface area (TPSA) is 59.4 Å². The smallest absolute Gasteiger partial charge is 0.273 e. The van der Waals surface area contributed by atoms with Crippen molar-refractivity contribution in [3.8, 4) is 17.0 Å². The highest BCUT2D eigenvalue weighted by Crippen LogP contribution is 2.19. The summed E-state index contributed by atoms with van der Waals surface area (Å²) in [4.78, 5) is 16.2. The van der Waals surface area contributed by atoms with E-state index in [1.165, 1.54) is 10.6 Å². The van der Waals surface area contributed by atoms with E-state index in [0.717, 1.165) is 11.3 Å². The Morgan fingerprint density at radius 1 is 1.22 bits per heavy atom. The molecule has 5 heteroatoms. The van der Waals surface area contributed by atoms with Crippen molar-refractivity contribution in [1.82, 2.24) is 14.6 Å². The zero-order valence-corrected chi connectivity index (χ0v) is 9.75. The summed E-state index contributed by atoms with van der Waals surface area (Å²) < 4.78 is 6.49. The third-order valence-electron chi connectivity index (χ3n) is 2.77. The van der Waals surface area contributed by atoms with Gasteiger partial charge >= 0.3 is 0 Å². The molecular formula is C13H11N3O2. The van der Waals surface area contributed by atoms with Crippen LogP contribution in [0.2, 0.25) is 0 Å². The van der Waals surface area contributed by atoms with Crippen LogP contribution in [0.25, 0.3) is 16.9 Å². The molecule has 1 aromatic carbocycles. The standard InChI is InChI=1S/C13H11N3O2/c1-18-10-4-2-9(3-5-10)11-8-13(17)16-12(15-11)6-7-14-16/h2-8,14H,1H3. The fourth-order valence-electron chi connectivity index (χ4n) is 1.84. The second kappa shape index (κ2) is 4.03. The van der Waals surface area contributed by atoms with Crippen molar-refractivity contribution in [3.05, 3.63) is 52.9 Å². The summed E-state index contributed by atoms with van der Waals surface area (Å²) >= 11 is 0. The summed E-state index contributed by atoms with van der Waals surface area (Å²) in [5, 5.41) is 2.81. The van der Waals surface area contributed by atoms with Gasteiger partial charge in [0.05, 0.1) is 12.8 Å². The van der Waals surface area contributed by atoms with E-state index in [-0.39, 0.29) is 5.56 Å². The van der Waals surface area contributed by atoms with E-state index in [0.29, 0.717) is 11.3 Å². The van der Waals surface area contributed by atoms with Crippen LogP contribution >= 0.6 is 0 Å². The quantitative estimate of drug-likeness (QED) is 0.742. The van der Waals surface area contributed by atoms with Gasteiger partial charge in [0.25, 0.3) is 5.56 Å². The Bertz CT molecular complexity index is 741. The number of nitrogens with zero attached hydrogens (tertiary/aromatic N) is 2. The molecule has 3 rings (SSSR count). The third kappa shape index (κ3) is 1.66. The first-order valence-electron chi connectivity index (χ1n) is 5.49. The molecule has 5 nitrogen and oxygen atoms in total. The Labute approximate surface area is 103 Å². The molecule has 0 aliphatic heterocycles. The number of hydrogen-bond acceptors (Lipinski definition) is 3. The Morgan fingerprint density at radius 2 is 2.00 bits per heavy atom. The van der Waals surface area contributed by atoms with Gasteiger partial charge in [-0.1, -0.05) is 0 Å². The normalized spacial score (nSPS) is 10.7. The minimum atomic E-state index is -0.129. The predicted molar refractivity (Wildman–Crippen MR) is 67.8 cm³/mol. The van der Waals surface area contributed by atoms with E-state index in [4.69, 9.17) is 4.74 Å². The number of rotatable bonds is 2. The van der Waals surface area contributed by atoms with Gasteiger partial charge in [-0.05, 0) is 24.3 Å².